The van der Waals surface area contributed by atoms with Crippen LogP contribution in [0.25, 0.3) is 0 Å². The van der Waals surface area contributed by atoms with Gasteiger partial charge >= 0.3 is 0 Å². The van der Waals surface area contributed by atoms with Crippen LogP contribution in [0.15, 0.2) is 64.8 Å². The summed E-state index contributed by atoms with van der Waals surface area (Å²) in [7, 11) is 0. The van der Waals surface area contributed by atoms with Crippen molar-refractivity contribution in [1.29, 1.82) is 0 Å². The first-order chi connectivity index (χ1) is 10.2. The molecular weight excluding hydrogens is 270 g/mol. The molecule has 1 heterocycles. The molecule has 21 heavy (non-hydrogen) atoms. The minimum Gasteiger partial charge on any atom is -0.470 e. The maximum absolute atomic E-state index is 10.6. The summed E-state index contributed by atoms with van der Waals surface area (Å²) in [5.41, 5.74) is 2.31. The van der Waals surface area contributed by atoms with Crippen LogP contribution < -0.4 is 0 Å². The summed E-state index contributed by atoms with van der Waals surface area (Å²) < 4.78 is 5.59. The molecule has 104 valence electrons. The van der Waals surface area contributed by atoms with Crippen molar-refractivity contribution in [3.63, 3.8) is 0 Å². The van der Waals surface area contributed by atoms with E-state index in [0.717, 1.165) is 11.1 Å². The van der Waals surface area contributed by atoms with Gasteiger partial charge in [-0.25, -0.2) is 0 Å². The van der Waals surface area contributed by atoms with Crippen molar-refractivity contribution in [1.82, 2.24) is 0 Å². The van der Waals surface area contributed by atoms with E-state index in [1.54, 1.807) is 12.1 Å². The lowest BCUT2D eigenvalue weighted by molar-refractivity contribution is -0.384. The maximum atomic E-state index is 10.6. The first-order valence-electron chi connectivity index (χ1n) is 6.31. The predicted octanol–water partition coefficient (Wildman–Crippen LogP) is 2.78. The van der Waals surface area contributed by atoms with Crippen LogP contribution in [-0.2, 0) is 4.74 Å². The Morgan fingerprint density at radius 1 is 0.952 bits per heavy atom. The SMILES string of the molecule is O=[N+]([O-])c1ccc(C2=NN=C(c3ccccc3)OC2)cc1. The summed E-state index contributed by atoms with van der Waals surface area (Å²) in [4.78, 5) is 10.2. The molecule has 6 nitrogen and oxygen atoms in total. The monoisotopic (exact) mass is 281 g/mol. The fourth-order valence-electron chi connectivity index (χ4n) is 1.94. The van der Waals surface area contributed by atoms with Crippen LogP contribution in [0.4, 0.5) is 5.69 Å². The van der Waals surface area contributed by atoms with Crippen LogP contribution >= 0.6 is 0 Å². The zero-order valence-corrected chi connectivity index (χ0v) is 11.0. The van der Waals surface area contributed by atoms with Crippen LogP contribution in [0.2, 0.25) is 0 Å². The number of nitro benzene ring substituents is 1. The van der Waals surface area contributed by atoms with Crippen molar-refractivity contribution in [3.05, 3.63) is 75.8 Å². The van der Waals surface area contributed by atoms with Crippen molar-refractivity contribution >= 4 is 17.3 Å². The Balaban J connectivity index is 1.83. The number of nitrogens with zero attached hydrogens (tertiary/aromatic N) is 3. The Morgan fingerprint density at radius 3 is 2.24 bits per heavy atom. The fourth-order valence-corrected chi connectivity index (χ4v) is 1.94. The molecule has 0 fully saturated rings. The molecule has 0 aromatic heterocycles. The van der Waals surface area contributed by atoms with Gasteiger partial charge in [0.2, 0.25) is 5.90 Å². The average Bonchev–Trinajstić information content (AvgIpc) is 2.56. The van der Waals surface area contributed by atoms with Gasteiger partial charge in [0.05, 0.1) is 4.92 Å². The molecule has 1 aliphatic heterocycles. The Kier molecular flexibility index (Phi) is 3.42. The van der Waals surface area contributed by atoms with Gasteiger partial charge in [-0.1, -0.05) is 18.2 Å². The van der Waals surface area contributed by atoms with E-state index in [1.165, 1.54) is 12.1 Å². The number of nitro groups is 1. The van der Waals surface area contributed by atoms with Gasteiger partial charge in [0.25, 0.3) is 5.69 Å². The number of benzene rings is 2. The quantitative estimate of drug-likeness (QED) is 0.641. The summed E-state index contributed by atoms with van der Waals surface area (Å²) in [6, 6.07) is 15.7. The molecule has 0 amide bonds. The Bertz CT molecular complexity index is 722. The average molecular weight is 281 g/mol. The minimum atomic E-state index is -0.436. The van der Waals surface area contributed by atoms with Crippen molar-refractivity contribution in [2.75, 3.05) is 6.61 Å². The van der Waals surface area contributed by atoms with Crippen LogP contribution in [0, 0.1) is 10.1 Å². The molecule has 0 unspecified atom stereocenters. The van der Waals surface area contributed by atoms with Crippen molar-refractivity contribution in [3.8, 4) is 0 Å². The van der Waals surface area contributed by atoms with E-state index in [4.69, 9.17) is 4.74 Å². The number of hydrogen-bond acceptors (Lipinski definition) is 5. The standard InChI is InChI=1S/C15H11N3O3/c19-18(20)13-8-6-11(7-9-13)14-10-21-15(17-16-14)12-4-2-1-3-5-12/h1-9H,10H2. The van der Waals surface area contributed by atoms with E-state index < -0.39 is 4.92 Å². The van der Waals surface area contributed by atoms with Crippen molar-refractivity contribution in [2.24, 2.45) is 10.2 Å². The molecule has 2 aromatic carbocycles. The topological polar surface area (TPSA) is 77.1 Å². The smallest absolute Gasteiger partial charge is 0.269 e. The highest BCUT2D eigenvalue weighted by molar-refractivity contribution is 6.06. The lowest BCUT2D eigenvalue weighted by atomic mass is 10.1. The highest BCUT2D eigenvalue weighted by Crippen LogP contribution is 2.15. The molecule has 0 aliphatic carbocycles. The van der Waals surface area contributed by atoms with Crippen LogP contribution in [0.1, 0.15) is 11.1 Å². The summed E-state index contributed by atoms with van der Waals surface area (Å²) in [5.74, 6) is 0.473. The fraction of sp³-hybridized carbons (Fsp3) is 0.0667. The van der Waals surface area contributed by atoms with E-state index in [-0.39, 0.29) is 12.3 Å². The van der Waals surface area contributed by atoms with E-state index >= 15 is 0 Å². The molecule has 0 bridgehead atoms. The first kappa shape index (κ1) is 13.0. The highest BCUT2D eigenvalue weighted by Gasteiger charge is 2.15. The van der Waals surface area contributed by atoms with Gasteiger partial charge < -0.3 is 4.74 Å². The van der Waals surface area contributed by atoms with Gasteiger partial charge in [-0.15, -0.1) is 10.2 Å². The third-order valence-electron chi connectivity index (χ3n) is 3.04. The van der Waals surface area contributed by atoms with Gasteiger partial charge in [0.1, 0.15) is 12.3 Å². The molecule has 0 N–H and O–H groups in total. The zero-order chi connectivity index (χ0) is 14.7. The normalized spacial score (nSPS) is 13.9. The molecule has 0 spiro atoms. The minimum absolute atomic E-state index is 0.0459. The van der Waals surface area contributed by atoms with Gasteiger partial charge in [-0.05, 0) is 24.3 Å². The van der Waals surface area contributed by atoms with Crippen LogP contribution in [0.3, 0.4) is 0 Å². The number of hydrogen-bond donors (Lipinski definition) is 0. The molecular formula is C15H11N3O3. The van der Waals surface area contributed by atoms with E-state index in [9.17, 15) is 10.1 Å². The first-order valence-corrected chi connectivity index (χ1v) is 6.31. The van der Waals surface area contributed by atoms with Crippen molar-refractivity contribution in [2.45, 2.75) is 0 Å². The summed E-state index contributed by atoms with van der Waals surface area (Å²) in [6.07, 6.45) is 0. The summed E-state index contributed by atoms with van der Waals surface area (Å²) in [5, 5.41) is 18.8. The molecule has 0 atom stereocenters. The van der Waals surface area contributed by atoms with Gasteiger partial charge in [-0.3, -0.25) is 10.1 Å². The molecule has 3 rings (SSSR count). The van der Waals surface area contributed by atoms with Crippen molar-refractivity contribution < 1.29 is 9.66 Å². The molecule has 0 radical (unpaired) electrons. The second-order valence-corrected chi connectivity index (χ2v) is 4.41. The molecule has 0 saturated carbocycles. The zero-order valence-electron chi connectivity index (χ0n) is 11.0. The lowest BCUT2D eigenvalue weighted by Gasteiger charge is -2.14. The molecule has 0 saturated heterocycles. The molecule has 1 aliphatic rings. The lowest BCUT2D eigenvalue weighted by Crippen LogP contribution is -2.19. The Hall–Kier alpha value is -3.02. The highest BCUT2D eigenvalue weighted by atomic mass is 16.6. The van der Waals surface area contributed by atoms with Gasteiger partial charge in [0.15, 0.2) is 0 Å². The Morgan fingerprint density at radius 2 is 1.67 bits per heavy atom. The van der Waals surface area contributed by atoms with Crippen LogP contribution in [0.5, 0.6) is 0 Å². The Labute approximate surface area is 120 Å². The van der Waals surface area contributed by atoms with Gasteiger partial charge in [-0.2, -0.15) is 0 Å². The summed E-state index contributed by atoms with van der Waals surface area (Å²) >= 11 is 0. The maximum Gasteiger partial charge on any atom is 0.269 e. The summed E-state index contributed by atoms with van der Waals surface area (Å²) in [6.45, 7) is 0.283. The molecule has 2 aromatic rings. The third-order valence-corrected chi connectivity index (χ3v) is 3.04. The van der Waals surface area contributed by atoms with E-state index in [2.05, 4.69) is 10.2 Å². The number of non-ortho nitro benzene ring substituents is 1. The van der Waals surface area contributed by atoms with Crippen LogP contribution in [-0.4, -0.2) is 23.1 Å². The second kappa shape index (κ2) is 5.54. The second-order valence-electron chi connectivity index (χ2n) is 4.41. The molecule has 6 heteroatoms. The van der Waals surface area contributed by atoms with Gasteiger partial charge in [0, 0.05) is 23.3 Å². The van der Waals surface area contributed by atoms with E-state index in [0.29, 0.717) is 11.6 Å². The predicted molar refractivity (Wildman–Crippen MR) is 78.6 cm³/mol. The van der Waals surface area contributed by atoms with E-state index in [1.807, 2.05) is 30.3 Å². The third kappa shape index (κ3) is 2.79. The number of rotatable bonds is 3. The number of ether oxygens (including phenoxy) is 1. The largest absolute Gasteiger partial charge is 0.470 e.